The Labute approximate surface area is 243 Å². The van der Waals surface area contributed by atoms with Crippen molar-refractivity contribution in [1.29, 1.82) is 0 Å². The predicted molar refractivity (Wildman–Crippen MR) is 149 cm³/mol. The van der Waals surface area contributed by atoms with Crippen molar-refractivity contribution in [1.82, 2.24) is 4.84 Å². The van der Waals surface area contributed by atoms with Crippen LogP contribution in [0.3, 0.4) is 0 Å². The average molecular weight is 601 g/mol. The summed E-state index contributed by atoms with van der Waals surface area (Å²) in [5.74, 6) is -4.48. The monoisotopic (exact) mass is 600 g/mol. The van der Waals surface area contributed by atoms with Gasteiger partial charge in [-0.05, 0) is 29.3 Å². The third kappa shape index (κ3) is 8.40. The van der Waals surface area contributed by atoms with E-state index in [0.717, 1.165) is 0 Å². The molecular formula is C27H22Cl2N4O8. The maximum Gasteiger partial charge on any atom is 0.265 e. The van der Waals surface area contributed by atoms with E-state index in [1.54, 1.807) is 30.3 Å². The number of nitro groups is 2. The fourth-order valence-corrected chi connectivity index (χ4v) is 4.62. The highest BCUT2D eigenvalue weighted by Crippen LogP contribution is 2.37. The number of hydrogen-bond donors (Lipinski definition) is 2. The van der Waals surface area contributed by atoms with Gasteiger partial charge in [0.15, 0.2) is 0 Å². The van der Waals surface area contributed by atoms with Crippen LogP contribution < -0.4 is 10.2 Å². The molecule has 12 nitrogen and oxygen atoms in total. The minimum atomic E-state index is -1.04. The topological polar surface area (TPSA) is 179 Å². The van der Waals surface area contributed by atoms with E-state index in [-0.39, 0.29) is 28.3 Å². The molecule has 0 aliphatic carbocycles. The second-order valence-corrected chi connectivity index (χ2v) is 9.45. The van der Waals surface area contributed by atoms with Crippen LogP contribution in [-0.4, -0.2) is 46.3 Å². The van der Waals surface area contributed by atoms with E-state index in [1.165, 1.54) is 42.5 Å². The summed E-state index contributed by atoms with van der Waals surface area (Å²) in [4.78, 5) is 72.4. The first-order valence-electron chi connectivity index (χ1n) is 11.9. The Hall–Kier alpha value is -4.68. The van der Waals surface area contributed by atoms with Gasteiger partial charge in [0, 0.05) is 50.8 Å². The first-order valence-corrected chi connectivity index (χ1v) is 12.7. The van der Waals surface area contributed by atoms with Crippen molar-refractivity contribution in [3.63, 3.8) is 0 Å². The van der Waals surface area contributed by atoms with Gasteiger partial charge in [0.05, 0.1) is 10.9 Å². The largest absolute Gasteiger partial charge is 0.325 e. The summed E-state index contributed by atoms with van der Waals surface area (Å²) in [6.45, 7) is -1.85. The zero-order chi connectivity index (χ0) is 30.1. The molecular weight excluding hydrogens is 579 g/mol. The van der Waals surface area contributed by atoms with E-state index in [2.05, 4.69) is 5.32 Å². The summed E-state index contributed by atoms with van der Waals surface area (Å²) >= 11 is 11.7. The third-order valence-corrected chi connectivity index (χ3v) is 6.62. The number of hydrogen-bond acceptors (Lipinski definition) is 8. The summed E-state index contributed by atoms with van der Waals surface area (Å²) in [6, 6.07) is 18.2. The van der Waals surface area contributed by atoms with Crippen LogP contribution in [0.1, 0.15) is 50.1 Å². The van der Waals surface area contributed by atoms with Crippen molar-refractivity contribution in [2.75, 3.05) is 18.4 Å². The van der Waals surface area contributed by atoms with Crippen LogP contribution in [0, 0.1) is 20.2 Å². The van der Waals surface area contributed by atoms with Gasteiger partial charge in [-0.15, -0.1) is 0 Å². The Morgan fingerprint density at radius 1 is 0.805 bits per heavy atom. The number of rotatable bonds is 13. The lowest BCUT2D eigenvalue weighted by Gasteiger charge is -2.27. The number of carbonyl (C=O) groups excluding carboxylic acids is 4. The van der Waals surface area contributed by atoms with Crippen LogP contribution in [0.4, 0.5) is 5.69 Å². The Kier molecular flexibility index (Phi) is 10.6. The number of nitrogens with zero attached hydrogens (tertiary/aromatic N) is 2. The second kappa shape index (κ2) is 14.1. The first kappa shape index (κ1) is 30.9. The molecule has 212 valence electrons. The summed E-state index contributed by atoms with van der Waals surface area (Å²) in [7, 11) is 0. The average Bonchev–Trinajstić information content (AvgIpc) is 2.92. The SMILES string of the molecule is O=C(CC(c1ccccc1)C(C(=O)Nc1ccc(C(=O)C[N+](=O)[O-])c(Cl)c1)c1ccc(C(=O)C[N+](=O)[O-])cc1)NCl. The minimum absolute atomic E-state index is 0.0705. The van der Waals surface area contributed by atoms with E-state index in [9.17, 15) is 39.4 Å². The zero-order valence-corrected chi connectivity index (χ0v) is 22.6. The fourth-order valence-electron chi connectivity index (χ4n) is 4.26. The van der Waals surface area contributed by atoms with Crippen molar-refractivity contribution in [2.24, 2.45) is 0 Å². The molecule has 3 aromatic rings. The standard InChI is InChI=1S/C27H22Cl2N4O8/c28-22-12-19(10-11-20(22)24(35)15-33(40)41)30-27(37)26(18-8-6-17(7-9-18)23(34)14-32(38)39)21(13-25(36)31-29)16-4-2-1-3-5-16/h1-12,21,26H,13-15H2,(H,30,37)(H,31,36). The van der Waals surface area contributed by atoms with Gasteiger partial charge in [-0.2, -0.15) is 0 Å². The molecule has 2 amide bonds. The molecule has 0 aliphatic rings. The Morgan fingerprint density at radius 3 is 1.98 bits per heavy atom. The molecule has 0 radical (unpaired) electrons. The van der Waals surface area contributed by atoms with Crippen molar-refractivity contribution in [2.45, 2.75) is 18.3 Å². The second-order valence-electron chi connectivity index (χ2n) is 8.85. The van der Waals surface area contributed by atoms with Gasteiger partial charge < -0.3 is 5.32 Å². The highest BCUT2D eigenvalue weighted by atomic mass is 35.5. The molecule has 3 rings (SSSR count). The predicted octanol–water partition coefficient (Wildman–Crippen LogP) is 4.43. The third-order valence-electron chi connectivity index (χ3n) is 6.10. The fraction of sp³-hybridized carbons (Fsp3) is 0.185. The van der Waals surface area contributed by atoms with Crippen molar-refractivity contribution >= 4 is 52.4 Å². The smallest absolute Gasteiger partial charge is 0.265 e. The summed E-state index contributed by atoms with van der Waals surface area (Å²) in [6.07, 6.45) is -0.206. The van der Waals surface area contributed by atoms with Gasteiger partial charge in [0.2, 0.25) is 23.4 Å². The molecule has 0 fully saturated rings. The van der Waals surface area contributed by atoms with Crippen LogP contribution in [0.15, 0.2) is 72.8 Å². The van der Waals surface area contributed by atoms with E-state index in [0.29, 0.717) is 11.1 Å². The van der Waals surface area contributed by atoms with Gasteiger partial charge in [-0.3, -0.25) is 44.2 Å². The molecule has 2 N–H and O–H groups in total. The van der Waals surface area contributed by atoms with Crippen LogP contribution in [0.25, 0.3) is 0 Å². The first-order chi connectivity index (χ1) is 19.5. The van der Waals surface area contributed by atoms with Gasteiger partial charge in [-0.1, -0.05) is 66.2 Å². The normalized spacial score (nSPS) is 12.0. The molecule has 0 aliphatic heterocycles. The van der Waals surface area contributed by atoms with Crippen LogP contribution in [0.5, 0.6) is 0 Å². The highest BCUT2D eigenvalue weighted by Gasteiger charge is 2.33. The molecule has 0 spiro atoms. The minimum Gasteiger partial charge on any atom is -0.325 e. The van der Waals surface area contributed by atoms with Crippen molar-refractivity contribution in [3.05, 3.63) is 120 Å². The number of carbonyl (C=O) groups is 4. The molecule has 0 bridgehead atoms. The number of Topliss-reactive ketones (excluding diaryl/α,β-unsaturated/α-hetero) is 2. The molecule has 0 saturated heterocycles. The number of anilines is 1. The summed E-state index contributed by atoms with van der Waals surface area (Å²) in [5.41, 5.74) is 1.17. The molecule has 0 heterocycles. The molecule has 0 saturated carbocycles. The van der Waals surface area contributed by atoms with Gasteiger partial charge in [-0.25, -0.2) is 0 Å². The van der Waals surface area contributed by atoms with Crippen molar-refractivity contribution < 1.29 is 29.0 Å². The lowest BCUT2D eigenvalue weighted by Crippen LogP contribution is -2.29. The van der Waals surface area contributed by atoms with E-state index in [1.807, 2.05) is 4.84 Å². The Balaban J connectivity index is 2.02. The Morgan fingerprint density at radius 2 is 1.41 bits per heavy atom. The lowest BCUT2D eigenvalue weighted by molar-refractivity contribution is -0.465. The van der Waals surface area contributed by atoms with Gasteiger partial charge in [0.1, 0.15) is 0 Å². The van der Waals surface area contributed by atoms with Gasteiger partial charge in [0.25, 0.3) is 13.1 Å². The summed E-state index contributed by atoms with van der Waals surface area (Å²) < 4.78 is 0. The maximum absolute atomic E-state index is 13.8. The van der Waals surface area contributed by atoms with E-state index >= 15 is 0 Å². The molecule has 41 heavy (non-hydrogen) atoms. The quantitative estimate of drug-likeness (QED) is 0.125. The van der Waals surface area contributed by atoms with Crippen molar-refractivity contribution in [3.8, 4) is 0 Å². The van der Waals surface area contributed by atoms with Crippen LogP contribution in [0.2, 0.25) is 5.02 Å². The van der Waals surface area contributed by atoms with Crippen LogP contribution >= 0.6 is 23.4 Å². The molecule has 3 aromatic carbocycles. The summed E-state index contributed by atoms with van der Waals surface area (Å²) in [5, 5.41) is 24.0. The van der Waals surface area contributed by atoms with E-state index < -0.39 is 58.2 Å². The molecule has 2 atom stereocenters. The number of nitrogens with one attached hydrogen (secondary N) is 2. The van der Waals surface area contributed by atoms with Gasteiger partial charge >= 0.3 is 0 Å². The van der Waals surface area contributed by atoms with E-state index in [4.69, 9.17) is 23.4 Å². The number of ketones is 2. The van der Waals surface area contributed by atoms with Crippen LogP contribution in [-0.2, 0) is 9.59 Å². The maximum atomic E-state index is 13.8. The number of halogens is 2. The molecule has 2 unspecified atom stereocenters. The highest BCUT2D eigenvalue weighted by molar-refractivity contribution is 6.34. The lowest BCUT2D eigenvalue weighted by atomic mass is 9.78. The molecule has 0 aromatic heterocycles. The number of amides is 2. The zero-order valence-electron chi connectivity index (χ0n) is 21.1. The Bertz CT molecular complexity index is 1480. The molecule has 14 heteroatoms. The number of benzene rings is 3.